The number of rotatable bonds is 0. The van der Waals surface area contributed by atoms with Crippen LogP contribution in [0.2, 0.25) is 0 Å². The minimum Gasteiger partial charge on any atom is -2.00 e. The van der Waals surface area contributed by atoms with Gasteiger partial charge in [-0.3, -0.25) is 0 Å². The molecule has 0 saturated heterocycles. The van der Waals surface area contributed by atoms with Crippen LogP contribution in [0.1, 0.15) is 0 Å². The zero-order valence-corrected chi connectivity index (χ0v) is 5.96. The zero-order valence-electron chi connectivity index (χ0n) is 1.82. The van der Waals surface area contributed by atoms with Gasteiger partial charge in [-0.1, -0.05) is 0 Å². The van der Waals surface area contributed by atoms with E-state index in [1.807, 2.05) is 0 Å². The van der Waals surface area contributed by atoms with E-state index < -0.39 is 0 Å². The summed E-state index contributed by atoms with van der Waals surface area (Å²) in [5.74, 6) is 0. The minimum absolute atomic E-state index is 0. The first-order chi connectivity index (χ1) is 0. The molecule has 0 heterocycles. The van der Waals surface area contributed by atoms with Crippen molar-refractivity contribution in [1.29, 1.82) is 0 Å². The van der Waals surface area contributed by atoms with E-state index in [-0.39, 0.29) is 63.7 Å². The van der Waals surface area contributed by atoms with E-state index in [4.69, 9.17) is 0 Å². The van der Waals surface area contributed by atoms with E-state index >= 15 is 0 Å². The third kappa shape index (κ3) is 9.69. The molecule has 0 fully saturated rings. The quantitative estimate of drug-likeness (QED) is 0.468. The van der Waals surface area contributed by atoms with Crippen molar-refractivity contribution >= 4 is 11.0 Å². The Morgan fingerprint density at radius 1 is 0.750 bits per heavy atom. The van der Waals surface area contributed by atoms with Crippen LogP contribution in [0.15, 0.2) is 0 Å². The third-order valence-electron chi connectivity index (χ3n) is 0. The molecule has 0 spiro atoms. The molecule has 0 aromatic rings. The van der Waals surface area contributed by atoms with Crippen LogP contribution >= 0.6 is 0 Å². The second-order valence-corrected chi connectivity index (χ2v) is 0. The maximum Gasteiger partial charge on any atom is 4.00 e. The molecule has 0 saturated carbocycles. The fraction of sp³-hybridized carbons (Fsp3) is 0. The molecular formula is CeO2Si. The largest absolute Gasteiger partial charge is 4.00 e. The van der Waals surface area contributed by atoms with Crippen molar-refractivity contribution in [2.45, 2.75) is 0 Å². The molecule has 0 amide bonds. The molecule has 0 aliphatic carbocycles. The molecular weight excluding hydrogens is 200 g/mol. The molecule has 0 aromatic heterocycles. The minimum atomic E-state index is 0. The normalized spacial score (nSPS) is 0. The molecule has 0 aliphatic heterocycles. The predicted octanol–water partition coefficient (Wildman–Crippen LogP) is -0.618. The van der Waals surface area contributed by atoms with E-state index in [0.717, 1.165) is 0 Å². The topological polar surface area (TPSA) is 57.0 Å². The first-order valence-electron chi connectivity index (χ1n) is 0. The fourth-order valence-corrected chi connectivity index (χ4v) is 0. The molecule has 0 rings (SSSR count). The Kier molecular flexibility index (Phi) is 298. The summed E-state index contributed by atoms with van der Waals surface area (Å²) in [7, 11) is 0. The maximum absolute atomic E-state index is 0. The van der Waals surface area contributed by atoms with Crippen LogP contribution < -0.4 is 0 Å². The van der Waals surface area contributed by atoms with E-state index in [1.54, 1.807) is 0 Å². The van der Waals surface area contributed by atoms with Gasteiger partial charge in [0.05, 0.1) is 0 Å². The van der Waals surface area contributed by atoms with Crippen LogP contribution in [0.25, 0.3) is 0 Å². The van der Waals surface area contributed by atoms with Gasteiger partial charge in [0.1, 0.15) is 0 Å². The maximum atomic E-state index is 0. The first kappa shape index (κ1) is 49.0. The summed E-state index contributed by atoms with van der Waals surface area (Å²) in [4.78, 5) is 0. The second-order valence-electron chi connectivity index (χ2n) is 0. The van der Waals surface area contributed by atoms with Crippen LogP contribution in [0.5, 0.6) is 0 Å². The Morgan fingerprint density at radius 3 is 0.750 bits per heavy atom. The van der Waals surface area contributed by atoms with Gasteiger partial charge in [-0.15, -0.1) is 0 Å². The summed E-state index contributed by atoms with van der Waals surface area (Å²) >= 11 is 0. The van der Waals surface area contributed by atoms with Crippen molar-refractivity contribution in [3.05, 3.63) is 0 Å². The van der Waals surface area contributed by atoms with Gasteiger partial charge in [0.2, 0.25) is 0 Å². The van der Waals surface area contributed by atoms with E-state index in [0.29, 0.717) is 0 Å². The molecule has 20 valence electrons. The number of hydrogen-bond donors (Lipinski definition) is 0. The molecule has 4 radical (unpaired) electrons. The number of hydrogen-bond acceptors (Lipinski definition) is 0. The predicted molar refractivity (Wildman–Crippen MR) is 7.13 cm³/mol. The van der Waals surface area contributed by atoms with Crippen molar-refractivity contribution < 1.29 is 52.7 Å². The van der Waals surface area contributed by atoms with Crippen LogP contribution in [-0.2, 0) is 11.0 Å². The van der Waals surface area contributed by atoms with Gasteiger partial charge in [-0.05, 0) is 0 Å². The van der Waals surface area contributed by atoms with Gasteiger partial charge in [0, 0.05) is 11.0 Å². The average molecular weight is 200 g/mol. The van der Waals surface area contributed by atoms with Crippen LogP contribution in [0.3, 0.4) is 0 Å². The molecule has 2 nitrogen and oxygen atoms in total. The summed E-state index contributed by atoms with van der Waals surface area (Å²) in [6.45, 7) is 0. The molecule has 0 aromatic carbocycles. The standard InChI is InChI=1S/Ce.2O.Si/q+4;2*-2;. The third-order valence-corrected chi connectivity index (χ3v) is 0. The van der Waals surface area contributed by atoms with E-state index in [9.17, 15) is 0 Å². The summed E-state index contributed by atoms with van der Waals surface area (Å²) < 4.78 is 0. The van der Waals surface area contributed by atoms with Gasteiger partial charge >= 0.3 is 41.7 Å². The van der Waals surface area contributed by atoms with Gasteiger partial charge in [-0.2, -0.15) is 0 Å². The molecule has 0 atom stereocenters. The molecule has 0 aliphatic rings. The van der Waals surface area contributed by atoms with Crippen molar-refractivity contribution in [3.63, 3.8) is 0 Å². The van der Waals surface area contributed by atoms with Gasteiger partial charge in [-0.25, -0.2) is 0 Å². The SMILES string of the molecule is [Ce+4].[O-2].[O-2].[Si]. The zero-order chi connectivity index (χ0) is 0. The first-order valence-corrected chi connectivity index (χ1v) is 0. The summed E-state index contributed by atoms with van der Waals surface area (Å²) in [6.07, 6.45) is 0. The Morgan fingerprint density at radius 2 is 0.750 bits per heavy atom. The smallest absolute Gasteiger partial charge is 2.00 e. The average Bonchev–Trinajstić information content (AvgIpc) is 0. The second kappa shape index (κ2) is 24.3. The summed E-state index contributed by atoms with van der Waals surface area (Å²) in [6, 6.07) is 0. The summed E-state index contributed by atoms with van der Waals surface area (Å²) in [5, 5.41) is 0. The Hall–Kier alpha value is 1.51. The van der Waals surface area contributed by atoms with Crippen LogP contribution in [0.4, 0.5) is 0 Å². The van der Waals surface area contributed by atoms with Gasteiger partial charge in [0.25, 0.3) is 0 Å². The molecule has 4 heteroatoms. The van der Waals surface area contributed by atoms with Crippen molar-refractivity contribution in [3.8, 4) is 0 Å². The molecule has 0 N–H and O–H groups in total. The van der Waals surface area contributed by atoms with E-state index in [1.165, 1.54) is 0 Å². The molecule has 4 heavy (non-hydrogen) atoms. The van der Waals surface area contributed by atoms with Crippen molar-refractivity contribution in [1.82, 2.24) is 0 Å². The van der Waals surface area contributed by atoms with Gasteiger partial charge < -0.3 is 11.0 Å². The Bertz CT molecular complexity index is 6.00. The van der Waals surface area contributed by atoms with Crippen molar-refractivity contribution in [2.75, 3.05) is 0 Å². The van der Waals surface area contributed by atoms with Crippen molar-refractivity contribution in [2.24, 2.45) is 0 Å². The van der Waals surface area contributed by atoms with Crippen LogP contribution in [0, 0.1) is 41.7 Å². The van der Waals surface area contributed by atoms with Crippen LogP contribution in [-0.4, -0.2) is 11.0 Å². The summed E-state index contributed by atoms with van der Waals surface area (Å²) in [5.41, 5.74) is 0. The van der Waals surface area contributed by atoms with E-state index in [2.05, 4.69) is 0 Å². The Labute approximate surface area is 63.0 Å². The monoisotopic (exact) mass is 200 g/mol. The molecule has 0 unspecified atom stereocenters. The Balaban J connectivity index is 0. The molecule has 0 bridgehead atoms. The van der Waals surface area contributed by atoms with Gasteiger partial charge in [0.15, 0.2) is 0 Å². The fourth-order valence-electron chi connectivity index (χ4n) is 0.